The summed E-state index contributed by atoms with van der Waals surface area (Å²) in [5.41, 5.74) is 0.269. The Kier molecular flexibility index (Phi) is 1.43. The average Bonchev–Trinajstić information content (AvgIpc) is 2.50. The molecule has 1 spiro atoms. The van der Waals surface area contributed by atoms with Crippen molar-refractivity contribution in [1.29, 1.82) is 0 Å². The van der Waals surface area contributed by atoms with Crippen LogP contribution in [0.5, 0.6) is 0 Å². The molecule has 2 bridgehead atoms. The Morgan fingerprint density at radius 2 is 2.07 bits per heavy atom. The number of hydrogen-bond acceptors (Lipinski definition) is 2. The van der Waals surface area contributed by atoms with Gasteiger partial charge in [0.1, 0.15) is 0 Å². The minimum Gasteiger partial charge on any atom is -0.212 e. The first-order chi connectivity index (χ1) is 6.37. The van der Waals surface area contributed by atoms with Crippen LogP contribution in [0.15, 0.2) is 0 Å². The molecule has 0 aromatic heterocycles. The zero-order chi connectivity index (χ0) is 10.2. The maximum Gasteiger partial charge on any atom is 0.212 e. The van der Waals surface area contributed by atoms with Crippen LogP contribution in [0.2, 0.25) is 0 Å². The lowest BCUT2D eigenvalue weighted by Crippen LogP contribution is -2.39. The first-order valence-electron chi connectivity index (χ1n) is 5.37. The predicted octanol–water partition coefficient (Wildman–Crippen LogP) is 1.11. The van der Waals surface area contributed by atoms with E-state index in [9.17, 15) is 8.42 Å². The smallest absolute Gasteiger partial charge is 0.212 e. The molecule has 0 aromatic rings. The Labute approximate surface area is 85.3 Å². The Balaban J connectivity index is 2.13. The van der Waals surface area contributed by atoms with Crippen molar-refractivity contribution in [1.82, 2.24) is 4.72 Å². The first-order valence-corrected chi connectivity index (χ1v) is 7.03. The van der Waals surface area contributed by atoms with Crippen molar-refractivity contribution in [2.75, 3.05) is 5.75 Å². The maximum absolute atomic E-state index is 11.6. The number of rotatable bonds is 0. The molecule has 0 radical (unpaired) electrons. The molecule has 0 amide bonds. The number of nitrogens with one attached hydrogen (secondary N) is 1. The summed E-state index contributed by atoms with van der Waals surface area (Å²) in [6.07, 6.45) is 3.38. The molecule has 2 aliphatic carbocycles. The Morgan fingerprint density at radius 1 is 1.36 bits per heavy atom. The van der Waals surface area contributed by atoms with Crippen LogP contribution in [0.25, 0.3) is 0 Å². The predicted molar refractivity (Wildman–Crippen MR) is 54.3 cm³/mol. The monoisotopic (exact) mass is 215 g/mol. The summed E-state index contributed by atoms with van der Waals surface area (Å²) >= 11 is 0. The van der Waals surface area contributed by atoms with Crippen molar-refractivity contribution >= 4 is 10.0 Å². The fourth-order valence-electron chi connectivity index (χ4n) is 4.18. The SMILES string of the molecule is CC1(C)[C@@H]2CC[C@]13CS(=O)(=O)NC3C2. The highest BCUT2D eigenvalue weighted by Gasteiger charge is 2.68. The molecule has 3 fully saturated rings. The molecule has 14 heavy (non-hydrogen) atoms. The van der Waals surface area contributed by atoms with Gasteiger partial charge in [-0.25, -0.2) is 13.1 Å². The molecule has 3 atom stereocenters. The van der Waals surface area contributed by atoms with Gasteiger partial charge in [0.25, 0.3) is 0 Å². The Hall–Kier alpha value is -0.0900. The van der Waals surface area contributed by atoms with Gasteiger partial charge in [-0.05, 0) is 30.6 Å². The van der Waals surface area contributed by atoms with Crippen LogP contribution >= 0.6 is 0 Å². The van der Waals surface area contributed by atoms with Gasteiger partial charge in [0.15, 0.2) is 0 Å². The minimum atomic E-state index is -2.97. The highest BCUT2D eigenvalue weighted by molar-refractivity contribution is 7.89. The van der Waals surface area contributed by atoms with Crippen LogP contribution in [0.4, 0.5) is 0 Å². The topological polar surface area (TPSA) is 46.2 Å². The number of fused-ring (bicyclic) bond motifs is 1. The van der Waals surface area contributed by atoms with E-state index < -0.39 is 10.0 Å². The average molecular weight is 215 g/mol. The maximum atomic E-state index is 11.6. The molecule has 80 valence electrons. The summed E-state index contributed by atoms with van der Waals surface area (Å²) in [7, 11) is -2.97. The molecule has 1 aliphatic heterocycles. The highest BCUT2D eigenvalue weighted by Crippen LogP contribution is 2.67. The van der Waals surface area contributed by atoms with Crippen molar-refractivity contribution in [3.8, 4) is 0 Å². The molecule has 1 N–H and O–H groups in total. The lowest BCUT2D eigenvalue weighted by Gasteiger charge is -2.36. The molecular formula is C10H17NO2S. The molecular weight excluding hydrogens is 198 g/mol. The van der Waals surface area contributed by atoms with E-state index in [0.717, 1.165) is 18.8 Å². The van der Waals surface area contributed by atoms with Gasteiger partial charge in [0.05, 0.1) is 5.75 Å². The minimum absolute atomic E-state index is 0.0521. The highest BCUT2D eigenvalue weighted by atomic mass is 32.2. The van der Waals surface area contributed by atoms with E-state index in [1.165, 1.54) is 6.42 Å². The molecule has 3 rings (SSSR count). The second kappa shape index (κ2) is 2.19. The van der Waals surface area contributed by atoms with Crippen molar-refractivity contribution in [3.63, 3.8) is 0 Å². The second-order valence-electron chi connectivity index (χ2n) is 5.78. The van der Waals surface area contributed by atoms with Gasteiger partial charge in [-0.1, -0.05) is 13.8 Å². The van der Waals surface area contributed by atoms with Crippen molar-refractivity contribution in [2.45, 2.75) is 39.2 Å². The van der Waals surface area contributed by atoms with E-state index in [1.54, 1.807) is 0 Å². The van der Waals surface area contributed by atoms with Crippen molar-refractivity contribution in [3.05, 3.63) is 0 Å². The molecule has 3 aliphatic rings. The number of hydrogen-bond donors (Lipinski definition) is 1. The van der Waals surface area contributed by atoms with Crippen LogP contribution in [0, 0.1) is 16.7 Å². The first kappa shape index (κ1) is 9.16. The summed E-state index contributed by atoms with van der Waals surface area (Å²) in [6, 6.07) is 0.237. The summed E-state index contributed by atoms with van der Waals surface area (Å²) in [4.78, 5) is 0. The van der Waals surface area contributed by atoms with E-state index >= 15 is 0 Å². The van der Waals surface area contributed by atoms with Crippen LogP contribution in [0.1, 0.15) is 33.1 Å². The molecule has 1 unspecified atom stereocenters. The summed E-state index contributed by atoms with van der Waals surface area (Å²) in [6.45, 7) is 4.51. The third-order valence-corrected chi connectivity index (χ3v) is 6.74. The van der Waals surface area contributed by atoms with E-state index in [2.05, 4.69) is 18.6 Å². The van der Waals surface area contributed by atoms with E-state index in [0.29, 0.717) is 5.75 Å². The molecule has 2 saturated carbocycles. The lowest BCUT2D eigenvalue weighted by molar-refractivity contribution is 0.146. The van der Waals surface area contributed by atoms with Gasteiger partial charge in [-0.15, -0.1) is 0 Å². The van der Waals surface area contributed by atoms with Gasteiger partial charge in [0, 0.05) is 11.5 Å². The summed E-state index contributed by atoms with van der Waals surface area (Å²) in [5.74, 6) is 1.10. The molecule has 4 heteroatoms. The second-order valence-corrected chi connectivity index (χ2v) is 7.53. The molecule has 3 nitrogen and oxygen atoms in total. The van der Waals surface area contributed by atoms with E-state index in [4.69, 9.17) is 0 Å². The normalized spacial score (nSPS) is 52.1. The summed E-state index contributed by atoms with van der Waals surface area (Å²) in [5, 5.41) is 0. The quantitative estimate of drug-likeness (QED) is 0.658. The fourth-order valence-corrected chi connectivity index (χ4v) is 6.42. The van der Waals surface area contributed by atoms with Gasteiger partial charge in [0.2, 0.25) is 10.0 Å². The van der Waals surface area contributed by atoms with Crippen LogP contribution < -0.4 is 4.72 Å². The fraction of sp³-hybridized carbons (Fsp3) is 1.00. The zero-order valence-electron chi connectivity index (χ0n) is 8.71. The van der Waals surface area contributed by atoms with Gasteiger partial charge < -0.3 is 0 Å². The zero-order valence-corrected chi connectivity index (χ0v) is 9.52. The third-order valence-electron chi connectivity index (χ3n) is 5.20. The molecule has 0 aromatic carbocycles. The lowest BCUT2D eigenvalue weighted by atomic mass is 9.69. The van der Waals surface area contributed by atoms with E-state index in [1.807, 2.05) is 0 Å². The van der Waals surface area contributed by atoms with Crippen molar-refractivity contribution in [2.24, 2.45) is 16.7 Å². The molecule has 1 heterocycles. The van der Waals surface area contributed by atoms with Crippen molar-refractivity contribution < 1.29 is 8.42 Å². The Morgan fingerprint density at radius 3 is 2.64 bits per heavy atom. The largest absolute Gasteiger partial charge is 0.212 e. The van der Waals surface area contributed by atoms with Gasteiger partial charge in [-0.2, -0.15) is 0 Å². The standard InChI is InChI=1S/C10H17NO2S/c1-9(2)7-3-4-10(9)6-14(12,13)11-8(10)5-7/h7-8,11H,3-6H2,1-2H3/t7-,8?,10-/m1/s1. The van der Waals surface area contributed by atoms with Crippen LogP contribution in [-0.2, 0) is 10.0 Å². The van der Waals surface area contributed by atoms with Crippen LogP contribution in [-0.4, -0.2) is 20.2 Å². The Bertz CT molecular complexity index is 387. The van der Waals surface area contributed by atoms with E-state index in [-0.39, 0.29) is 16.9 Å². The molecule has 1 saturated heterocycles. The number of sulfonamides is 1. The summed E-state index contributed by atoms with van der Waals surface area (Å²) < 4.78 is 26.0. The van der Waals surface area contributed by atoms with Gasteiger partial charge in [-0.3, -0.25) is 0 Å². The third kappa shape index (κ3) is 0.807. The van der Waals surface area contributed by atoms with Crippen LogP contribution in [0.3, 0.4) is 0 Å². The van der Waals surface area contributed by atoms with Gasteiger partial charge >= 0.3 is 0 Å².